The van der Waals surface area contributed by atoms with Crippen LogP contribution in [0.15, 0.2) is 31.1 Å². The van der Waals surface area contributed by atoms with Gasteiger partial charge in [-0.3, -0.25) is 0 Å². The summed E-state index contributed by atoms with van der Waals surface area (Å²) in [5, 5.41) is 0. The number of halogens is 3. The van der Waals surface area contributed by atoms with Gasteiger partial charge in [0.1, 0.15) is 5.76 Å². The minimum Gasteiger partial charge on any atom is -0.469 e. The molecule has 0 saturated carbocycles. The van der Waals surface area contributed by atoms with Crippen LogP contribution < -0.4 is 0 Å². The molecule has 0 aliphatic heterocycles. The average molecular weight is 415 g/mol. The van der Waals surface area contributed by atoms with Crippen LogP contribution in [0.5, 0.6) is 0 Å². The second kappa shape index (κ2) is 4.73. The first-order valence-electron chi connectivity index (χ1n) is 4.22. The number of alkyl halides is 1. The quantitative estimate of drug-likeness (QED) is 0.578. The average Bonchev–Trinajstić information content (AvgIpc) is 2.74. The zero-order valence-corrected chi connectivity index (χ0v) is 13.3. The van der Waals surface area contributed by atoms with Gasteiger partial charge in [0.2, 0.25) is 0 Å². The van der Waals surface area contributed by atoms with Crippen LogP contribution in [0, 0.1) is 6.92 Å². The topological polar surface area (TPSA) is 13.1 Å². The van der Waals surface area contributed by atoms with Gasteiger partial charge in [0, 0.05) is 14.9 Å². The summed E-state index contributed by atoms with van der Waals surface area (Å²) in [4.78, 5) is 1.45. The van der Waals surface area contributed by atoms with Gasteiger partial charge in [-0.15, -0.1) is 11.3 Å². The van der Waals surface area contributed by atoms with E-state index in [0.29, 0.717) is 0 Å². The number of furan rings is 1. The Morgan fingerprint density at radius 3 is 2.60 bits per heavy atom. The van der Waals surface area contributed by atoms with Gasteiger partial charge >= 0.3 is 0 Å². The van der Waals surface area contributed by atoms with E-state index in [-0.39, 0.29) is 4.83 Å². The van der Waals surface area contributed by atoms with E-state index >= 15 is 0 Å². The van der Waals surface area contributed by atoms with Crippen LogP contribution in [0.4, 0.5) is 0 Å². The van der Waals surface area contributed by atoms with Gasteiger partial charge in [-0.05, 0) is 50.9 Å². The van der Waals surface area contributed by atoms with E-state index in [9.17, 15) is 0 Å². The first-order valence-corrected chi connectivity index (χ1v) is 7.54. The van der Waals surface area contributed by atoms with Crippen molar-refractivity contribution in [3.63, 3.8) is 0 Å². The molecule has 5 heteroatoms. The third-order valence-electron chi connectivity index (χ3n) is 2.09. The first-order chi connectivity index (χ1) is 7.09. The molecule has 0 N–H and O–H groups in total. The van der Waals surface area contributed by atoms with E-state index < -0.39 is 0 Å². The predicted octanol–water partition coefficient (Wildman–Crippen LogP) is 5.66. The molecule has 2 rings (SSSR count). The van der Waals surface area contributed by atoms with Gasteiger partial charge in [0.05, 0.1) is 14.9 Å². The van der Waals surface area contributed by atoms with Gasteiger partial charge in [-0.1, -0.05) is 15.9 Å². The molecule has 1 atom stereocenters. The second-order valence-electron chi connectivity index (χ2n) is 3.07. The van der Waals surface area contributed by atoms with Crippen molar-refractivity contribution in [1.82, 2.24) is 0 Å². The summed E-state index contributed by atoms with van der Waals surface area (Å²) in [7, 11) is 0. The Bertz CT molecular complexity index is 455. The Morgan fingerprint density at radius 2 is 2.13 bits per heavy atom. The lowest BCUT2D eigenvalue weighted by atomic mass is 10.2. The molecule has 80 valence electrons. The Kier molecular flexibility index (Phi) is 3.75. The fourth-order valence-electron chi connectivity index (χ4n) is 1.30. The smallest absolute Gasteiger partial charge is 0.105 e. The molecule has 2 aromatic rings. The van der Waals surface area contributed by atoms with Crippen LogP contribution in [0.3, 0.4) is 0 Å². The van der Waals surface area contributed by atoms with Crippen LogP contribution >= 0.6 is 59.1 Å². The molecule has 0 aromatic carbocycles. The van der Waals surface area contributed by atoms with Gasteiger partial charge < -0.3 is 4.42 Å². The number of aryl methyl sites for hydroxylation is 1. The zero-order chi connectivity index (χ0) is 11.0. The lowest BCUT2D eigenvalue weighted by molar-refractivity contribution is 0.530. The van der Waals surface area contributed by atoms with Gasteiger partial charge in [0.15, 0.2) is 0 Å². The Morgan fingerprint density at radius 1 is 1.40 bits per heavy atom. The predicted molar refractivity (Wildman–Crippen MR) is 73.9 cm³/mol. The highest BCUT2D eigenvalue weighted by Crippen LogP contribution is 2.42. The fraction of sp³-hybridized carbons (Fsp3) is 0.200. The second-order valence-corrected chi connectivity index (χ2v) is 7.24. The van der Waals surface area contributed by atoms with Crippen molar-refractivity contribution in [3.05, 3.63) is 42.9 Å². The van der Waals surface area contributed by atoms with Crippen molar-refractivity contribution in [3.8, 4) is 0 Å². The third kappa shape index (κ3) is 2.40. The summed E-state index contributed by atoms with van der Waals surface area (Å²) < 4.78 is 7.50. The largest absolute Gasteiger partial charge is 0.469 e. The van der Waals surface area contributed by atoms with Crippen molar-refractivity contribution in [2.24, 2.45) is 0 Å². The van der Waals surface area contributed by atoms with Gasteiger partial charge in [-0.25, -0.2) is 0 Å². The summed E-state index contributed by atoms with van der Waals surface area (Å²) in [6.45, 7) is 1.97. The summed E-state index contributed by atoms with van der Waals surface area (Å²) in [5.41, 5.74) is 1.18. The van der Waals surface area contributed by atoms with E-state index in [4.69, 9.17) is 4.42 Å². The molecule has 2 heterocycles. The summed E-state index contributed by atoms with van der Waals surface area (Å²) >= 11 is 12.4. The Hall–Kier alpha value is 0.420. The van der Waals surface area contributed by atoms with Crippen LogP contribution in [0.25, 0.3) is 0 Å². The molecule has 0 bridgehead atoms. The number of hydrogen-bond donors (Lipinski definition) is 0. The van der Waals surface area contributed by atoms with Crippen molar-refractivity contribution in [2.75, 3.05) is 0 Å². The highest BCUT2D eigenvalue weighted by atomic mass is 79.9. The minimum atomic E-state index is 0.198. The molecule has 1 nitrogen and oxygen atoms in total. The van der Waals surface area contributed by atoms with Gasteiger partial charge in [-0.2, -0.15) is 0 Å². The van der Waals surface area contributed by atoms with Crippen LogP contribution in [0.1, 0.15) is 21.0 Å². The maximum atomic E-state index is 5.30. The highest BCUT2D eigenvalue weighted by Gasteiger charge is 2.18. The molecule has 0 radical (unpaired) electrons. The molecule has 0 fully saturated rings. The zero-order valence-electron chi connectivity index (χ0n) is 7.76. The molecule has 1 unspecified atom stereocenters. The molecular formula is C10H7Br3OS. The minimum absolute atomic E-state index is 0.198. The molecule has 2 aromatic heterocycles. The Balaban J connectivity index is 2.36. The molecule has 0 saturated heterocycles. The lowest BCUT2D eigenvalue weighted by Crippen LogP contribution is -1.88. The van der Waals surface area contributed by atoms with E-state index in [2.05, 4.69) is 53.9 Å². The molecular weight excluding hydrogens is 408 g/mol. The molecule has 0 aliphatic rings. The van der Waals surface area contributed by atoms with Crippen molar-refractivity contribution < 1.29 is 4.42 Å². The maximum Gasteiger partial charge on any atom is 0.105 e. The Labute approximate surface area is 117 Å². The number of hydrogen-bond acceptors (Lipinski definition) is 2. The maximum absolute atomic E-state index is 5.30. The first kappa shape index (κ1) is 11.9. The van der Waals surface area contributed by atoms with Crippen molar-refractivity contribution >= 4 is 59.1 Å². The van der Waals surface area contributed by atoms with Crippen molar-refractivity contribution in [1.29, 1.82) is 0 Å². The van der Waals surface area contributed by atoms with Crippen LogP contribution in [-0.4, -0.2) is 0 Å². The van der Waals surface area contributed by atoms with E-state index in [1.165, 1.54) is 10.4 Å². The molecule has 0 spiro atoms. The monoisotopic (exact) mass is 412 g/mol. The number of thiophene rings is 1. The van der Waals surface area contributed by atoms with Crippen molar-refractivity contribution in [2.45, 2.75) is 11.8 Å². The standard InChI is InChI=1S/C10H7Br3OS/c1-5-6(2-3-14-5)9(12)8-4-7(11)10(13)15-8/h2-4,9H,1H3. The molecule has 0 amide bonds. The van der Waals surface area contributed by atoms with Gasteiger partial charge in [0.25, 0.3) is 0 Å². The normalized spacial score (nSPS) is 13.1. The van der Waals surface area contributed by atoms with Crippen LogP contribution in [-0.2, 0) is 0 Å². The molecule has 15 heavy (non-hydrogen) atoms. The summed E-state index contributed by atoms with van der Waals surface area (Å²) in [6.07, 6.45) is 1.72. The fourth-order valence-corrected chi connectivity index (χ4v) is 4.27. The molecule has 0 aliphatic carbocycles. The lowest BCUT2D eigenvalue weighted by Gasteiger charge is -2.05. The van der Waals surface area contributed by atoms with Crippen LogP contribution in [0.2, 0.25) is 0 Å². The number of rotatable bonds is 2. The SMILES string of the molecule is Cc1occc1C(Br)c1cc(Br)c(Br)s1. The summed E-state index contributed by atoms with van der Waals surface area (Å²) in [6, 6.07) is 4.11. The van der Waals surface area contributed by atoms with E-state index in [1.807, 2.05) is 13.0 Å². The summed E-state index contributed by atoms with van der Waals surface area (Å²) in [5.74, 6) is 0.956. The third-order valence-corrected chi connectivity index (χ3v) is 6.70. The van der Waals surface area contributed by atoms with E-state index in [1.54, 1.807) is 17.6 Å². The highest BCUT2D eigenvalue weighted by molar-refractivity contribution is 9.13. The van der Waals surface area contributed by atoms with E-state index in [0.717, 1.165) is 14.0 Å².